The number of piperidine rings is 1. The topological polar surface area (TPSA) is 57.7 Å². The first-order chi connectivity index (χ1) is 14.6. The van der Waals surface area contributed by atoms with E-state index in [2.05, 4.69) is 17.0 Å². The average molecular weight is 402 g/mol. The van der Waals surface area contributed by atoms with Crippen LogP contribution in [0.1, 0.15) is 59.5 Å². The number of nitrogens with zero attached hydrogens (tertiary/aromatic N) is 2. The number of fused-ring (bicyclic) bond motifs is 1. The summed E-state index contributed by atoms with van der Waals surface area (Å²) < 4.78 is 0. The summed E-state index contributed by atoms with van der Waals surface area (Å²) in [6.07, 6.45) is 3.34. The zero-order chi connectivity index (χ0) is 20.7. The van der Waals surface area contributed by atoms with Gasteiger partial charge in [-0.05, 0) is 30.4 Å². The third-order valence-electron chi connectivity index (χ3n) is 7.19. The molecule has 2 saturated heterocycles. The number of likely N-dealkylation sites (tertiary alicyclic amines) is 2. The Morgan fingerprint density at radius 2 is 1.63 bits per heavy atom. The van der Waals surface area contributed by atoms with Crippen molar-refractivity contribution < 1.29 is 14.4 Å². The number of hydrogen-bond acceptors (Lipinski definition) is 3. The van der Waals surface area contributed by atoms with Gasteiger partial charge in [-0.15, -0.1) is 0 Å². The van der Waals surface area contributed by atoms with Crippen LogP contribution in [0, 0.1) is 0 Å². The van der Waals surface area contributed by atoms with E-state index in [0.717, 1.165) is 30.4 Å². The van der Waals surface area contributed by atoms with Crippen LogP contribution in [0.15, 0.2) is 54.6 Å². The van der Waals surface area contributed by atoms with E-state index in [0.29, 0.717) is 31.6 Å². The van der Waals surface area contributed by atoms with Crippen LogP contribution in [0.4, 0.5) is 0 Å². The number of ketones is 1. The summed E-state index contributed by atoms with van der Waals surface area (Å²) in [5.41, 5.74) is 2.56. The molecule has 2 heterocycles. The van der Waals surface area contributed by atoms with Gasteiger partial charge in [0.25, 0.3) is 0 Å². The summed E-state index contributed by atoms with van der Waals surface area (Å²) in [6.45, 7) is 1.92. The Kier molecular flexibility index (Phi) is 4.69. The molecule has 0 N–H and O–H groups in total. The molecular formula is C25H26N2O3. The number of Topliss-reactive ketones (excluding diaryl/α,β-unsaturated/α-hetero) is 1. The number of rotatable bonds is 3. The monoisotopic (exact) mass is 402 g/mol. The normalized spacial score (nSPS) is 22.6. The van der Waals surface area contributed by atoms with Crippen molar-refractivity contribution in [3.8, 4) is 0 Å². The standard InChI is InChI=1S/C25H26N2O3/c28-22-16-21(19-8-4-5-9-20(19)22)24(30)26-14-12-25(13-15-26)11-10-23(29)27(25)17-18-6-2-1-3-7-18/h1-9,21H,10-17H2. The zero-order valence-corrected chi connectivity index (χ0v) is 17.0. The molecule has 2 aromatic carbocycles. The minimum atomic E-state index is -0.353. The molecule has 1 unspecified atom stereocenters. The minimum absolute atomic E-state index is 0.0575. The summed E-state index contributed by atoms with van der Waals surface area (Å²) >= 11 is 0. The second kappa shape index (κ2) is 7.38. The first-order valence-corrected chi connectivity index (χ1v) is 10.8. The molecule has 0 bridgehead atoms. The van der Waals surface area contributed by atoms with Crippen molar-refractivity contribution in [2.75, 3.05) is 13.1 Å². The van der Waals surface area contributed by atoms with Crippen molar-refractivity contribution in [3.63, 3.8) is 0 Å². The van der Waals surface area contributed by atoms with Gasteiger partial charge in [-0.25, -0.2) is 0 Å². The highest BCUT2D eigenvalue weighted by Crippen LogP contribution is 2.41. The fourth-order valence-corrected chi connectivity index (χ4v) is 5.46. The number of hydrogen-bond donors (Lipinski definition) is 0. The lowest BCUT2D eigenvalue weighted by atomic mass is 9.84. The molecule has 0 aromatic heterocycles. The molecule has 3 aliphatic rings. The maximum Gasteiger partial charge on any atom is 0.230 e. The van der Waals surface area contributed by atoms with Gasteiger partial charge in [0.1, 0.15) is 0 Å². The zero-order valence-electron chi connectivity index (χ0n) is 17.0. The van der Waals surface area contributed by atoms with Gasteiger partial charge in [-0.2, -0.15) is 0 Å². The van der Waals surface area contributed by atoms with Gasteiger partial charge in [0.15, 0.2) is 5.78 Å². The third-order valence-corrected chi connectivity index (χ3v) is 7.19. The smallest absolute Gasteiger partial charge is 0.230 e. The second-order valence-electron chi connectivity index (χ2n) is 8.78. The first-order valence-electron chi connectivity index (χ1n) is 10.8. The lowest BCUT2D eigenvalue weighted by Gasteiger charge is -2.45. The fourth-order valence-electron chi connectivity index (χ4n) is 5.46. The van der Waals surface area contributed by atoms with E-state index in [1.165, 1.54) is 0 Å². The Labute approximate surface area is 176 Å². The van der Waals surface area contributed by atoms with Crippen molar-refractivity contribution in [2.45, 2.75) is 50.1 Å². The Balaban J connectivity index is 1.29. The quantitative estimate of drug-likeness (QED) is 0.789. The van der Waals surface area contributed by atoms with E-state index in [4.69, 9.17) is 0 Å². The van der Waals surface area contributed by atoms with Gasteiger partial charge in [-0.1, -0.05) is 54.6 Å². The third kappa shape index (κ3) is 3.13. The molecule has 1 spiro atoms. The van der Waals surface area contributed by atoms with Crippen LogP contribution < -0.4 is 0 Å². The van der Waals surface area contributed by atoms with Gasteiger partial charge >= 0.3 is 0 Å². The Morgan fingerprint density at radius 3 is 2.40 bits per heavy atom. The van der Waals surface area contributed by atoms with E-state index in [-0.39, 0.29) is 35.5 Å². The molecular weight excluding hydrogens is 376 g/mol. The summed E-state index contributed by atoms with van der Waals surface area (Å²) in [4.78, 5) is 42.2. The van der Waals surface area contributed by atoms with Gasteiger partial charge < -0.3 is 9.80 Å². The highest BCUT2D eigenvalue weighted by molar-refractivity contribution is 6.06. The summed E-state index contributed by atoms with van der Waals surface area (Å²) in [5, 5.41) is 0. The number of amides is 2. The first kappa shape index (κ1) is 19.0. The molecule has 5 nitrogen and oxygen atoms in total. The number of benzene rings is 2. The van der Waals surface area contributed by atoms with Crippen LogP contribution in [0.3, 0.4) is 0 Å². The van der Waals surface area contributed by atoms with Crippen molar-refractivity contribution in [1.29, 1.82) is 0 Å². The molecule has 2 fully saturated rings. The van der Waals surface area contributed by atoms with Gasteiger partial charge in [-0.3, -0.25) is 14.4 Å². The van der Waals surface area contributed by atoms with Crippen molar-refractivity contribution in [1.82, 2.24) is 9.80 Å². The van der Waals surface area contributed by atoms with Crippen LogP contribution in [-0.2, 0) is 16.1 Å². The van der Waals surface area contributed by atoms with Gasteiger partial charge in [0.2, 0.25) is 11.8 Å². The summed E-state index contributed by atoms with van der Waals surface area (Å²) in [7, 11) is 0. The van der Waals surface area contributed by atoms with E-state index in [9.17, 15) is 14.4 Å². The molecule has 1 atom stereocenters. The molecule has 5 heteroatoms. The highest BCUT2D eigenvalue weighted by atomic mass is 16.2. The maximum absolute atomic E-state index is 13.2. The summed E-state index contributed by atoms with van der Waals surface area (Å²) in [5.74, 6) is -0.0164. The molecule has 2 aliphatic heterocycles. The molecule has 30 heavy (non-hydrogen) atoms. The van der Waals surface area contributed by atoms with Crippen LogP contribution in [0.2, 0.25) is 0 Å². The van der Waals surface area contributed by atoms with Gasteiger partial charge in [0, 0.05) is 43.6 Å². The van der Waals surface area contributed by atoms with Crippen molar-refractivity contribution in [2.24, 2.45) is 0 Å². The fraction of sp³-hybridized carbons (Fsp3) is 0.400. The van der Waals surface area contributed by atoms with Crippen LogP contribution in [0.25, 0.3) is 0 Å². The van der Waals surface area contributed by atoms with Crippen molar-refractivity contribution in [3.05, 3.63) is 71.3 Å². The Bertz CT molecular complexity index is 992. The predicted octanol–water partition coefficient (Wildman–Crippen LogP) is 3.54. The van der Waals surface area contributed by atoms with E-state index in [1.54, 1.807) is 0 Å². The summed E-state index contributed by atoms with van der Waals surface area (Å²) in [6, 6.07) is 17.6. The highest BCUT2D eigenvalue weighted by Gasteiger charge is 2.48. The van der Waals surface area contributed by atoms with E-state index in [1.807, 2.05) is 47.4 Å². The molecule has 0 saturated carbocycles. The molecule has 5 rings (SSSR count). The molecule has 2 aromatic rings. The molecule has 1 aliphatic carbocycles. The van der Waals surface area contributed by atoms with E-state index >= 15 is 0 Å². The van der Waals surface area contributed by atoms with Crippen LogP contribution in [-0.4, -0.2) is 46.0 Å². The largest absolute Gasteiger partial charge is 0.342 e. The van der Waals surface area contributed by atoms with Crippen molar-refractivity contribution >= 4 is 17.6 Å². The average Bonchev–Trinajstić information content (AvgIpc) is 3.27. The number of carbonyl (C=O) groups excluding carboxylic acids is 3. The maximum atomic E-state index is 13.2. The molecule has 0 radical (unpaired) electrons. The lowest BCUT2D eigenvalue weighted by Crippen LogP contribution is -2.54. The second-order valence-corrected chi connectivity index (χ2v) is 8.78. The number of carbonyl (C=O) groups is 3. The van der Waals surface area contributed by atoms with E-state index < -0.39 is 0 Å². The SMILES string of the molecule is O=C1CC(C(=O)N2CCC3(CCC(=O)N3Cc3ccccc3)CC2)c2ccccc21. The van der Waals surface area contributed by atoms with Gasteiger partial charge in [0.05, 0.1) is 5.92 Å². The Hall–Kier alpha value is -2.95. The lowest BCUT2D eigenvalue weighted by molar-refractivity contribution is -0.138. The Morgan fingerprint density at radius 1 is 0.933 bits per heavy atom. The van der Waals surface area contributed by atoms with Crippen LogP contribution in [0.5, 0.6) is 0 Å². The molecule has 2 amide bonds. The van der Waals surface area contributed by atoms with Crippen LogP contribution >= 0.6 is 0 Å². The minimum Gasteiger partial charge on any atom is -0.342 e. The molecule has 154 valence electrons. The predicted molar refractivity (Wildman–Crippen MR) is 113 cm³/mol.